The molecule has 0 radical (unpaired) electrons. The van der Waals surface area contributed by atoms with Crippen LogP contribution >= 0.6 is 0 Å². The molecule has 0 amide bonds. The Morgan fingerprint density at radius 3 is 2.32 bits per heavy atom. The second kappa shape index (κ2) is 6.85. The van der Waals surface area contributed by atoms with E-state index in [2.05, 4.69) is 5.43 Å². The van der Waals surface area contributed by atoms with E-state index in [1.165, 1.54) is 16.4 Å². The molecule has 0 spiro atoms. The maximum atomic E-state index is 12.5. The topological polar surface area (TPSA) is 84.7 Å². The molecule has 0 saturated carbocycles. The van der Waals surface area contributed by atoms with Gasteiger partial charge in [0.25, 0.3) is 0 Å². The number of nitrogens with zero attached hydrogens (tertiary/aromatic N) is 1. The molecular formula is C12H21N3O3S. The highest BCUT2D eigenvalue weighted by molar-refractivity contribution is 7.89. The average Bonchev–Trinajstić information content (AvgIpc) is 2.38. The van der Waals surface area contributed by atoms with Crippen LogP contribution in [0.1, 0.15) is 13.8 Å². The average molecular weight is 287 g/mol. The molecule has 1 aromatic rings. The number of nitrogens with two attached hydrogens (primary N) is 1. The van der Waals surface area contributed by atoms with Gasteiger partial charge in [-0.2, -0.15) is 4.31 Å². The SMILES string of the molecule is COCCN(C(C)C)S(=O)(=O)c1ccc(NN)cc1. The quantitative estimate of drug-likeness (QED) is 0.578. The lowest BCUT2D eigenvalue weighted by Crippen LogP contribution is -2.39. The fourth-order valence-corrected chi connectivity index (χ4v) is 3.32. The van der Waals surface area contributed by atoms with Crippen LogP contribution in [0.15, 0.2) is 29.2 Å². The third kappa shape index (κ3) is 3.90. The first-order chi connectivity index (χ1) is 8.93. The summed E-state index contributed by atoms with van der Waals surface area (Å²) in [4.78, 5) is 0.247. The van der Waals surface area contributed by atoms with Crippen LogP contribution in [0.3, 0.4) is 0 Å². The van der Waals surface area contributed by atoms with Crippen molar-refractivity contribution in [3.63, 3.8) is 0 Å². The Kier molecular flexibility index (Phi) is 5.74. The minimum Gasteiger partial charge on any atom is -0.383 e. The molecule has 0 atom stereocenters. The van der Waals surface area contributed by atoms with E-state index in [4.69, 9.17) is 10.6 Å². The van der Waals surface area contributed by atoms with Gasteiger partial charge in [0.05, 0.1) is 11.5 Å². The number of ether oxygens (including phenoxy) is 1. The molecule has 0 saturated heterocycles. The number of anilines is 1. The Bertz CT molecular complexity index is 485. The summed E-state index contributed by atoms with van der Waals surface area (Å²) in [6.07, 6.45) is 0. The van der Waals surface area contributed by atoms with Crippen molar-refractivity contribution in [3.8, 4) is 0 Å². The second-order valence-corrected chi connectivity index (χ2v) is 6.26. The van der Waals surface area contributed by atoms with E-state index in [0.29, 0.717) is 18.8 Å². The van der Waals surface area contributed by atoms with E-state index >= 15 is 0 Å². The van der Waals surface area contributed by atoms with Crippen LogP contribution in [0, 0.1) is 0 Å². The van der Waals surface area contributed by atoms with Gasteiger partial charge in [0.1, 0.15) is 0 Å². The number of nitrogens with one attached hydrogen (secondary N) is 1. The summed E-state index contributed by atoms with van der Waals surface area (Å²) in [6, 6.07) is 6.19. The summed E-state index contributed by atoms with van der Waals surface area (Å²) in [5.41, 5.74) is 3.12. The van der Waals surface area contributed by atoms with Gasteiger partial charge < -0.3 is 10.2 Å². The van der Waals surface area contributed by atoms with E-state index in [0.717, 1.165) is 0 Å². The van der Waals surface area contributed by atoms with Crippen LogP contribution < -0.4 is 11.3 Å². The van der Waals surface area contributed by atoms with Gasteiger partial charge in [-0.25, -0.2) is 8.42 Å². The molecule has 0 aliphatic heterocycles. The summed E-state index contributed by atoms with van der Waals surface area (Å²) in [7, 11) is -1.96. The first kappa shape index (κ1) is 15.9. The number of hydrogen-bond donors (Lipinski definition) is 2. The Morgan fingerprint density at radius 2 is 1.89 bits per heavy atom. The van der Waals surface area contributed by atoms with Gasteiger partial charge in [-0.15, -0.1) is 0 Å². The molecule has 6 nitrogen and oxygen atoms in total. The van der Waals surface area contributed by atoms with Crippen molar-refractivity contribution >= 4 is 15.7 Å². The molecule has 3 N–H and O–H groups in total. The number of rotatable bonds is 7. The van der Waals surface area contributed by atoms with Crippen LogP contribution in [-0.4, -0.2) is 39.0 Å². The molecular weight excluding hydrogens is 266 g/mol. The molecule has 1 aromatic carbocycles. The second-order valence-electron chi connectivity index (χ2n) is 4.37. The standard InChI is InChI=1S/C12H21N3O3S/c1-10(2)15(8-9-18-3)19(16,17)12-6-4-11(14-13)5-7-12/h4-7,10,14H,8-9,13H2,1-3H3. The molecule has 0 heterocycles. The van der Waals surface area contributed by atoms with Crippen molar-refractivity contribution < 1.29 is 13.2 Å². The van der Waals surface area contributed by atoms with Crippen LogP contribution in [0.4, 0.5) is 5.69 Å². The number of sulfonamides is 1. The lowest BCUT2D eigenvalue weighted by Gasteiger charge is -2.25. The van der Waals surface area contributed by atoms with Crippen molar-refractivity contribution in [2.45, 2.75) is 24.8 Å². The molecule has 0 aliphatic rings. The van der Waals surface area contributed by atoms with Gasteiger partial charge in [0.2, 0.25) is 10.0 Å². The lowest BCUT2D eigenvalue weighted by molar-refractivity contribution is 0.171. The van der Waals surface area contributed by atoms with Crippen molar-refractivity contribution in [2.24, 2.45) is 5.84 Å². The minimum absolute atomic E-state index is 0.132. The van der Waals surface area contributed by atoms with Gasteiger partial charge in [0.15, 0.2) is 0 Å². The number of hydrazine groups is 1. The fraction of sp³-hybridized carbons (Fsp3) is 0.500. The Hall–Kier alpha value is -1.15. The van der Waals surface area contributed by atoms with Crippen molar-refractivity contribution in [3.05, 3.63) is 24.3 Å². The maximum absolute atomic E-state index is 12.5. The highest BCUT2D eigenvalue weighted by Gasteiger charge is 2.26. The van der Waals surface area contributed by atoms with Crippen molar-refractivity contribution in [1.82, 2.24) is 4.31 Å². The Morgan fingerprint density at radius 1 is 1.32 bits per heavy atom. The molecule has 0 unspecified atom stereocenters. The zero-order chi connectivity index (χ0) is 14.5. The minimum atomic E-state index is -3.51. The van der Waals surface area contributed by atoms with Gasteiger partial charge in [-0.1, -0.05) is 0 Å². The first-order valence-electron chi connectivity index (χ1n) is 6.01. The Balaban J connectivity index is 3.04. The largest absolute Gasteiger partial charge is 0.383 e. The molecule has 108 valence electrons. The highest BCUT2D eigenvalue weighted by Crippen LogP contribution is 2.19. The molecule has 1 rings (SSSR count). The summed E-state index contributed by atoms with van der Waals surface area (Å²) in [5.74, 6) is 5.26. The predicted molar refractivity (Wildman–Crippen MR) is 75.2 cm³/mol. The van der Waals surface area contributed by atoms with Crippen LogP contribution in [-0.2, 0) is 14.8 Å². The van der Waals surface area contributed by atoms with Gasteiger partial charge >= 0.3 is 0 Å². The van der Waals surface area contributed by atoms with Gasteiger partial charge in [0, 0.05) is 25.4 Å². The molecule has 0 aromatic heterocycles. The van der Waals surface area contributed by atoms with Gasteiger partial charge in [-0.3, -0.25) is 5.84 Å². The van der Waals surface area contributed by atoms with E-state index in [1.807, 2.05) is 13.8 Å². The van der Waals surface area contributed by atoms with E-state index in [1.54, 1.807) is 19.2 Å². The third-order valence-corrected chi connectivity index (χ3v) is 4.81. The van der Waals surface area contributed by atoms with Gasteiger partial charge in [-0.05, 0) is 38.1 Å². The van der Waals surface area contributed by atoms with Crippen LogP contribution in [0.2, 0.25) is 0 Å². The molecule has 0 bridgehead atoms. The molecule has 19 heavy (non-hydrogen) atoms. The molecule has 7 heteroatoms. The van der Waals surface area contributed by atoms with Crippen molar-refractivity contribution in [1.29, 1.82) is 0 Å². The van der Waals surface area contributed by atoms with E-state index < -0.39 is 10.0 Å². The molecule has 0 fully saturated rings. The number of nitrogen functional groups attached to an aromatic ring is 1. The maximum Gasteiger partial charge on any atom is 0.243 e. The Labute approximate surface area is 114 Å². The molecule has 0 aliphatic carbocycles. The zero-order valence-electron chi connectivity index (χ0n) is 11.5. The first-order valence-corrected chi connectivity index (χ1v) is 7.45. The smallest absolute Gasteiger partial charge is 0.243 e. The third-order valence-electron chi connectivity index (χ3n) is 2.72. The van der Waals surface area contributed by atoms with Crippen LogP contribution in [0.25, 0.3) is 0 Å². The summed E-state index contributed by atoms with van der Waals surface area (Å²) < 4.78 is 31.4. The summed E-state index contributed by atoms with van der Waals surface area (Å²) in [5, 5.41) is 0. The normalized spacial score (nSPS) is 12.1. The van der Waals surface area contributed by atoms with E-state index in [9.17, 15) is 8.42 Å². The van der Waals surface area contributed by atoms with E-state index in [-0.39, 0.29) is 10.9 Å². The van der Waals surface area contributed by atoms with Crippen LogP contribution in [0.5, 0.6) is 0 Å². The predicted octanol–water partition coefficient (Wildman–Crippen LogP) is 1.02. The summed E-state index contributed by atoms with van der Waals surface area (Å²) >= 11 is 0. The lowest BCUT2D eigenvalue weighted by atomic mass is 10.3. The number of methoxy groups -OCH3 is 1. The monoisotopic (exact) mass is 287 g/mol. The number of hydrogen-bond acceptors (Lipinski definition) is 5. The van der Waals surface area contributed by atoms with Crippen molar-refractivity contribution in [2.75, 3.05) is 25.7 Å². The summed E-state index contributed by atoms with van der Waals surface area (Å²) in [6.45, 7) is 4.36. The highest BCUT2D eigenvalue weighted by atomic mass is 32.2. The fourth-order valence-electron chi connectivity index (χ4n) is 1.70. The zero-order valence-corrected chi connectivity index (χ0v) is 12.3. The number of benzene rings is 1.